The van der Waals surface area contributed by atoms with Crippen LogP contribution in [0.25, 0.3) is 5.57 Å². The minimum absolute atomic E-state index is 0.423. The van der Waals surface area contributed by atoms with Gasteiger partial charge < -0.3 is 0 Å². The van der Waals surface area contributed by atoms with Crippen LogP contribution in [0.2, 0.25) is 0 Å². The Balaban J connectivity index is 1.49. The number of halogens is 5. The highest BCUT2D eigenvalue weighted by Gasteiger charge is 2.63. The lowest BCUT2D eigenvalue weighted by molar-refractivity contribution is -0.123. The van der Waals surface area contributed by atoms with E-state index >= 15 is 0 Å². The van der Waals surface area contributed by atoms with Crippen molar-refractivity contribution < 1.29 is 31.5 Å². The van der Waals surface area contributed by atoms with E-state index in [0.717, 1.165) is 5.57 Å². The number of nitrogens with zero attached hydrogens (tertiary/aromatic N) is 1. The van der Waals surface area contributed by atoms with Gasteiger partial charge in [0, 0.05) is 24.0 Å². The average molecular weight is 493 g/mol. The molecule has 2 bridgehead atoms. The normalized spacial score (nSPS) is 24.1. The zero-order valence-electron chi connectivity index (χ0n) is 18.4. The lowest BCUT2D eigenvalue weighted by Crippen LogP contribution is -2.35. The Morgan fingerprint density at radius 3 is 1.44 bits per heavy atom. The summed E-state index contributed by atoms with van der Waals surface area (Å²) in [6.45, 7) is 0. The van der Waals surface area contributed by atoms with E-state index in [2.05, 4.69) is 0 Å². The molecular weight excluding hydrogens is 477 g/mol. The summed E-state index contributed by atoms with van der Waals surface area (Å²) in [6, 6.07) is 12.2. The number of benzene rings is 3. The third kappa shape index (κ3) is 3.17. The molecule has 0 radical (unpaired) electrons. The second-order valence-electron chi connectivity index (χ2n) is 9.06. The monoisotopic (exact) mass is 493 g/mol. The van der Waals surface area contributed by atoms with Gasteiger partial charge in [0.25, 0.3) is 0 Å². The van der Waals surface area contributed by atoms with E-state index in [9.17, 15) is 31.5 Å². The molecule has 3 aromatic carbocycles. The largest absolute Gasteiger partial charge is 0.274 e. The molecule has 6 rings (SSSR count). The van der Waals surface area contributed by atoms with Crippen molar-refractivity contribution in [1.29, 1.82) is 0 Å². The molecule has 36 heavy (non-hydrogen) atoms. The maximum absolute atomic E-state index is 14.5. The number of allylic oxidation sites excluding steroid dienone is 3. The van der Waals surface area contributed by atoms with Gasteiger partial charge in [0.2, 0.25) is 11.8 Å². The molecule has 3 aliphatic rings. The smallest absolute Gasteiger partial charge is 0.238 e. The average Bonchev–Trinajstić information content (AvgIpc) is 3.46. The first-order valence-electron chi connectivity index (χ1n) is 11.2. The summed E-state index contributed by atoms with van der Waals surface area (Å²) < 4.78 is 69.8. The number of carbonyl (C=O) groups is 2. The Kier molecular flexibility index (Phi) is 4.96. The van der Waals surface area contributed by atoms with Crippen molar-refractivity contribution in [2.45, 2.75) is 0 Å². The number of carbonyl (C=O) groups excluding carboxylic acids is 2. The maximum atomic E-state index is 14.5. The lowest BCUT2D eigenvalue weighted by Gasteiger charge is -2.22. The summed E-state index contributed by atoms with van der Waals surface area (Å²) in [5.74, 6) is -9.27. The van der Waals surface area contributed by atoms with Gasteiger partial charge in [-0.1, -0.05) is 36.4 Å². The van der Waals surface area contributed by atoms with Crippen LogP contribution in [0.4, 0.5) is 27.6 Å². The van der Waals surface area contributed by atoms with Crippen LogP contribution in [0, 0.1) is 52.8 Å². The fourth-order valence-electron chi connectivity index (χ4n) is 5.80. The van der Waals surface area contributed by atoms with E-state index < -0.39 is 70.3 Å². The summed E-state index contributed by atoms with van der Waals surface area (Å²) in [7, 11) is 0. The van der Waals surface area contributed by atoms with E-state index in [4.69, 9.17) is 0 Å². The Labute approximate surface area is 202 Å². The Morgan fingerprint density at radius 2 is 1.03 bits per heavy atom. The highest BCUT2D eigenvalue weighted by molar-refractivity contribution is 6.23. The first-order chi connectivity index (χ1) is 17.3. The summed E-state index contributed by atoms with van der Waals surface area (Å²) in [4.78, 5) is 27.3. The molecule has 0 spiro atoms. The van der Waals surface area contributed by atoms with Gasteiger partial charge in [-0.25, -0.2) is 26.9 Å². The van der Waals surface area contributed by atoms with Crippen LogP contribution in [0.1, 0.15) is 11.1 Å². The standard InChI is InChI=1S/C28H16F5NO2/c29-15-5-1-13(2-6-15)22(14-3-7-16(30)8-4-14)23-18-9-10-19(23)25-24(18)27(35)34(28(25)36)26-20(32)11-17(31)12-21(26)33/h1-12,18-19,24-25H/t18-,19-,24-,25+/m0/s1. The van der Waals surface area contributed by atoms with Gasteiger partial charge in [0.05, 0.1) is 11.8 Å². The van der Waals surface area contributed by atoms with Crippen molar-refractivity contribution in [3.63, 3.8) is 0 Å². The molecule has 1 aliphatic heterocycles. The quantitative estimate of drug-likeness (QED) is 0.263. The number of fused-ring (bicyclic) bond motifs is 5. The molecule has 2 aliphatic carbocycles. The van der Waals surface area contributed by atoms with Gasteiger partial charge in [0.15, 0.2) is 11.6 Å². The van der Waals surface area contributed by atoms with Crippen molar-refractivity contribution >= 4 is 23.1 Å². The van der Waals surface area contributed by atoms with Crippen LogP contribution in [0.3, 0.4) is 0 Å². The molecular formula is C28H16F5NO2. The fourth-order valence-corrected chi connectivity index (χ4v) is 5.80. The van der Waals surface area contributed by atoms with E-state index in [0.29, 0.717) is 33.7 Å². The molecule has 3 nitrogen and oxygen atoms in total. The van der Waals surface area contributed by atoms with Crippen molar-refractivity contribution in [1.82, 2.24) is 0 Å². The van der Waals surface area contributed by atoms with Gasteiger partial charge in [-0.2, -0.15) is 0 Å². The zero-order chi connectivity index (χ0) is 25.3. The number of anilines is 1. The summed E-state index contributed by atoms with van der Waals surface area (Å²) in [5.41, 5.74) is 1.71. The molecule has 2 fully saturated rings. The van der Waals surface area contributed by atoms with Crippen LogP contribution >= 0.6 is 0 Å². The van der Waals surface area contributed by atoms with Crippen LogP contribution in [0.15, 0.2) is 78.4 Å². The van der Waals surface area contributed by atoms with E-state index in [-0.39, 0.29) is 0 Å². The first kappa shape index (κ1) is 22.4. The van der Waals surface area contributed by atoms with E-state index in [1.807, 2.05) is 0 Å². The van der Waals surface area contributed by atoms with Crippen molar-refractivity contribution in [3.8, 4) is 0 Å². The van der Waals surface area contributed by atoms with Crippen LogP contribution in [0.5, 0.6) is 0 Å². The SMILES string of the molecule is O=C1[C@@H]2[C@H](C(=O)N1c1c(F)cc(F)cc1F)[C@H]1C=C[C@H]2C1=C(c1ccc(F)cc1)c1ccc(F)cc1. The predicted octanol–water partition coefficient (Wildman–Crippen LogP) is 5.81. The molecule has 180 valence electrons. The molecule has 8 heteroatoms. The first-order valence-corrected chi connectivity index (χ1v) is 11.2. The third-order valence-corrected chi connectivity index (χ3v) is 7.18. The van der Waals surface area contributed by atoms with Gasteiger partial charge in [-0.15, -0.1) is 0 Å². The molecule has 2 amide bonds. The second-order valence-corrected chi connectivity index (χ2v) is 9.06. The van der Waals surface area contributed by atoms with Gasteiger partial charge in [-0.3, -0.25) is 9.59 Å². The van der Waals surface area contributed by atoms with E-state index in [1.165, 1.54) is 24.3 Å². The molecule has 1 heterocycles. The number of hydrogen-bond acceptors (Lipinski definition) is 2. The molecule has 1 saturated carbocycles. The van der Waals surface area contributed by atoms with Crippen LogP contribution < -0.4 is 4.90 Å². The summed E-state index contributed by atoms with van der Waals surface area (Å²) in [6.07, 6.45) is 3.56. The summed E-state index contributed by atoms with van der Waals surface area (Å²) >= 11 is 0. The molecule has 0 N–H and O–H groups in total. The topological polar surface area (TPSA) is 37.4 Å². The van der Waals surface area contributed by atoms with Crippen molar-refractivity contribution in [2.75, 3.05) is 4.90 Å². The third-order valence-electron chi connectivity index (χ3n) is 7.18. The van der Waals surface area contributed by atoms with Gasteiger partial charge in [0.1, 0.15) is 23.1 Å². The second kappa shape index (κ2) is 7.98. The molecule has 1 saturated heterocycles. The van der Waals surface area contributed by atoms with Crippen molar-refractivity contribution in [2.24, 2.45) is 23.7 Å². The highest BCUT2D eigenvalue weighted by Crippen LogP contribution is 2.59. The zero-order valence-corrected chi connectivity index (χ0v) is 18.4. The van der Waals surface area contributed by atoms with Gasteiger partial charge >= 0.3 is 0 Å². The highest BCUT2D eigenvalue weighted by atomic mass is 19.2. The molecule has 4 atom stereocenters. The number of hydrogen-bond donors (Lipinski definition) is 0. The van der Waals surface area contributed by atoms with Crippen LogP contribution in [-0.2, 0) is 9.59 Å². The molecule has 0 unspecified atom stereocenters. The van der Waals surface area contributed by atoms with Crippen LogP contribution in [-0.4, -0.2) is 11.8 Å². The van der Waals surface area contributed by atoms with Crippen molar-refractivity contribution in [3.05, 3.63) is 119 Å². The Bertz CT molecular complexity index is 1390. The minimum Gasteiger partial charge on any atom is -0.274 e. The number of rotatable bonds is 3. The molecule has 0 aromatic heterocycles. The number of imide groups is 1. The fraction of sp³-hybridized carbons (Fsp3) is 0.143. The minimum atomic E-state index is -1.34. The summed E-state index contributed by atoms with van der Waals surface area (Å²) in [5, 5.41) is 0. The Morgan fingerprint density at radius 1 is 0.611 bits per heavy atom. The lowest BCUT2D eigenvalue weighted by atomic mass is 9.85. The Hall–Kier alpha value is -4.07. The number of amides is 2. The molecule has 3 aromatic rings. The maximum Gasteiger partial charge on any atom is 0.238 e. The van der Waals surface area contributed by atoms with Gasteiger partial charge in [-0.05, 0) is 46.5 Å². The van der Waals surface area contributed by atoms with E-state index in [1.54, 1.807) is 36.4 Å². The predicted molar refractivity (Wildman–Crippen MR) is 121 cm³/mol.